The van der Waals surface area contributed by atoms with Crippen molar-refractivity contribution in [2.24, 2.45) is 0 Å². The molecule has 0 amide bonds. The van der Waals surface area contributed by atoms with Crippen molar-refractivity contribution in [1.82, 2.24) is 0 Å². The highest BCUT2D eigenvalue weighted by atomic mass is 16.5. The normalized spacial score (nSPS) is 11.5. The molecule has 0 fully saturated rings. The minimum absolute atomic E-state index is 0.0384. The monoisotopic (exact) mass is 738 g/mol. The number of carboxylic acids is 2. The lowest BCUT2D eigenvalue weighted by Crippen LogP contribution is -2.16. The average molecular weight is 739 g/mol. The van der Waals surface area contributed by atoms with Gasteiger partial charge in [-0.3, -0.25) is 9.59 Å². The highest BCUT2D eigenvalue weighted by Crippen LogP contribution is 2.28. The Kier molecular flexibility index (Phi) is 18.8. The van der Waals surface area contributed by atoms with Gasteiger partial charge in [-0.15, -0.1) is 0 Å². The molecule has 0 aliphatic carbocycles. The van der Waals surface area contributed by atoms with E-state index in [4.69, 9.17) is 29.2 Å². The Morgan fingerprint density at radius 1 is 0.500 bits per heavy atom. The van der Waals surface area contributed by atoms with Crippen LogP contribution in [0.5, 0.6) is 34.5 Å². The van der Waals surface area contributed by atoms with Crippen LogP contribution in [0.2, 0.25) is 0 Å². The van der Waals surface area contributed by atoms with Gasteiger partial charge in [-0.1, -0.05) is 95.4 Å². The molecular weight excluding hydrogens is 680 g/mol. The third-order valence-electron chi connectivity index (χ3n) is 9.25. The molecule has 0 radical (unpaired) electrons. The standard InChI is InChI=1S/C46H58O8/c1-2-3-4-5-6-7-9-12-19-39(52-40-27-29-42(30-28-40)54-44-22-16-18-37(33-44)35-46(49)50)20-13-10-8-11-14-31-51-38-23-25-41(26-24-38)53-43-21-15-17-36(32-43)34-45(47)48/h15-18,21-30,32-33,39H,2-14,19-20,31,34-35H2,1H3,(H,47,48)(H,49,50). The molecule has 4 rings (SSSR count). The predicted octanol–water partition coefficient (Wildman–Crippen LogP) is 12.2. The van der Waals surface area contributed by atoms with E-state index in [0.717, 1.165) is 56.4 Å². The largest absolute Gasteiger partial charge is 0.494 e. The second-order valence-corrected chi connectivity index (χ2v) is 14.0. The van der Waals surface area contributed by atoms with Crippen molar-refractivity contribution >= 4 is 11.9 Å². The molecule has 4 aromatic carbocycles. The number of benzene rings is 4. The van der Waals surface area contributed by atoms with Crippen molar-refractivity contribution in [2.45, 2.75) is 122 Å². The number of rotatable bonds is 28. The summed E-state index contributed by atoms with van der Waals surface area (Å²) in [5.41, 5.74) is 1.40. The Bertz CT molecular complexity index is 1650. The molecule has 0 spiro atoms. The molecule has 8 heteroatoms. The second-order valence-electron chi connectivity index (χ2n) is 14.0. The SMILES string of the molecule is CCCCCCCCCCC(CCCCCCCOc1ccc(Oc2cccc(CC(=O)O)c2)cc1)Oc1ccc(Oc2cccc(CC(=O)O)c2)cc1. The summed E-state index contributed by atoms with van der Waals surface area (Å²) in [5, 5.41) is 18.1. The van der Waals surface area contributed by atoms with Crippen LogP contribution in [0.25, 0.3) is 0 Å². The first-order valence-corrected chi connectivity index (χ1v) is 19.8. The van der Waals surface area contributed by atoms with Gasteiger partial charge in [0.05, 0.1) is 25.6 Å². The zero-order chi connectivity index (χ0) is 38.2. The first-order valence-electron chi connectivity index (χ1n) is 19.8. The van der Waals surface area contributed by atoms with E-state index in [1.54, 1.807) is 30.3 Å². The van der Waals surface area contributed by atoms with Crippen LogP contribution in [-0.2, 0) is 22.4 Å². The Morgan fingerprint density at radius 2 is 0.926 bits per heavy atom. The fraction of sp³-hybridized carbons (Fsp3) is 0.435. The van der Waals surface area contributed by atoms with E-state index in [1.807, 2.05) is 66.7 Å². The van der Waals surface area contributed by atoms with Gasteiger partial charge in [0.2, 0.25) is 0 Å². The summed E-state index contributed by atoms with van der Waals surface area (Å²) in [6.07, 6.45) is 18.1. The maximum atomic E-state index is 11.1. The second kappa shape index (κ2) is 24.4. The molecule has 4 aromatic rings. The average Bonchev–Trinajstić information content (AvgIpc) is 3.15. The zero-order valence-electron chi connectivity index (χ0n) is 31.9. The molecule has 0 aliphatic heterocycles. The van der Waals surface area contributed by atoms with Crippen molar-refractivity contribution < 1.29 is 38.7 Å². The molecule has 0 bridgehead atoms. The van der Waals surface area contributed by atoms with Crippen molar-refractivity contribution in [3.63, 3.8) is 0 Å². The van der Waals surface area contributed by atoms with Crippen LogP contribution in [-0.4, -0.2) is 34.9 Å². The molecule has 2 N–H and O–H groups in total. The number of hydrogen-bond acceptors (Lipinski definition) is 6. The highest BCUT2D eigenvalue weighted by molar-refractivity contribution is 5.70. The summed E-state index contributed by atoms with van der Waals surface area (Å²) in [5.74, 6) is 2.47. The Labute approximate surface area is 321 Å². The van der Waals surface area contributed by atoms with Gasteiger partial charge in [0.1, 0.15) is 34.5 Å². The minimum Gasteiger partial charge on any atom is -0.494 e. The molecular formula is C46H58O8. The van der Waals surface area contributed by atoms with Gasteiger partial charge >= 0.3 is 11.9 Å². The molecule has 0 heterocycles. The molecule has 8 nitrogen and oxygen atoms in total. The van der Waals surface area contributed by atoms with Gasteiger partial charge in [0.15, 0.2) is 0 Å². The predicted molar refractivity (Wildman–Crippen MR) is 213 cm³/mol. The van der Waals surface area contributed by atoms with Gasteiger partial charge in [-0.2, -0.15) is 0 Å². The summed E-state index contributed by atoms with van der Waals surface area (Å²) in [6, 6.07) is 29.5. The minimum atomic E-state index is -0.870. The summed E-state index contributed by atoms with van der Waals surface area (Å²) >= 11 is 0. The number of carbonyl (C=O) groups is 2. The van der Waals surface area contributed by atoms with Crippen molar-refractivity contribution in [1.29, 1.82) is 0 Å². The molecule has 0 aliphatic rings. The fourth-order valence-electron chi connectivity index (χ4n) is 6.40. The number of aliphatic carboxylic acids is 2. The fourth-order valence-corrected chi connectivity index (χ4v) is 6.40. The Hall–Kier alpha value is -4.98. The Balaban J connectivity index is 1.15. The van der Waals surface area contributed by atoms with Crippen molar-refractivity contribution in [3.05, 3.63) is 108 Å². The van der Waals surface area contributed by atoms with Crippen LogP contribution in [0.15, 0.2) is 97.1 Å². The first kappa shape index (κ1) is 41.8. The van der Waals surface area contributed by atoms with Crippen LogP contribution in [0.4, 0.5) is 0 Å². The molecule has 0 aromatic heterocycles. The third kappa shape index (κ3) is 17.2. The molecule has 1 unspecified atom stereocenters. The van der Waals surface area contributed by atoms with E-state index in [2.05, 4.69) is 6.92 Å². The maximum Gasteiger partial charge on any atom is 0.307 e. The molecule has 1 atom stereocenters. The van der Waals surface area contributed by atoms with Crippen molar-refractivity contribution in [3.8, 4) is 34.5 Å². The van der Waals surface area contributed by atoms with Crippen LogP contribution in [0, 0.1) is 0 Å². The van der Waals surface area contributed by atoms with Gasteiger partial charge in [0.25, 0.3) is 0 Å². The topological polar surface area (TPSA) is 112 Å². The first-order chi connectivity index (χ1) is 26.4. The lowest BCUT2D eigenvalue weighted by atomic mass is 10.0. The molecule has 0 saturated carbocycles. The van der Waals surface area contributed by atoms with Gasteiger partial charge < -0.3 is 29.2 Å². The van der Waals surface area contributed by atoms with E-state index in [0.29, 0.717) is 40.7 Å². The smallest absolute Gasteiger partial charge is 0.307 e. The molecule has 0 saturated heterocycles. The number of ether oxygens (including phenoxy) is 4. The van der Waals surface area contributed by atoms with E-state index < -0.39 is 11.9 Å². The zero-order valence-corrected chi connectivity index (χ0v) is 31.9. The molecule has 290 valence electrons. The lowest BCUT2D eigenvalue weighted by molar-refractivity contribution is -0.137. The number of hydrogen-bond donors (Lipinski definition) is 2. The lowest BCUT2D eigenvalue weighted by Gasteiger charge is -2.20. The number of carboxylic acid groups (broad SMARTS) is 2. The molecule has 54 heavy (non-hydrogen) atoms. The van der Waals surface area contributed by atoms with Gasteiger partial charge in [-0.25, -0.2) is 0 Å². The van der Waals surface area contributed by atoms with Gasteiger partial charge in [0, 0.05) is 0 Å². The summed E-state index contributed by atoms with van der Waals surface area (Å²) in [4.78, 5) is 22.1. The van der Waals surface area contributed by atoms with Gasteiger partial charge in [-0.05, 0) is 116 Å². The number of unbranched alkanes of at least 4 members (excludes halogenated alkanes) is 11. The van der Waals surface area contributed by atoms with Crippen molar-refractivity contribution in [2.75, 3.05) is 6.61 Å². The van der Waals surface area contributed by atoms with Crippen LogP contribution in [0.1, 0.15) is 114 Å². The van der Waals surface area contributed by atoms with E-state index >= 15 is 0 Å². The third-order valence-corrected chi connectivity index (χ3v) is 9.25. The van der Waals surface area contributed by atoms with E-state index in [-0.39, 0.29) is 18.9 Å². The summed E-state index contributed by atoms with van der Waals surface area (Å²) < 4.78 is 24.4. The Morgan fingerprint density at radius 3 is 1.41 bits per heavy atom. The van der Waals surface area contributed by atoms with Crippen LogP contribution in [0.3, 0.4) is 0 Å². The summed E-state index contributed by atoms with van der Waals surface area (Å²) in [7, 11) is 0. The maximum absolute atomic E-state index is 11.1. The van der Waals surface area contributed by atoms with E-state index in [1.165, 1.54) is 51.4 Å². The highest BCUT2D eigenvalue weighted by Gasteiger charge is 2.12. The summed E-state index contributed by atoms with van der Waals surface area (Å²) in [6.45, 7) is 2.92. The quantitative estimate of drug-likeness (QED) is 0.0554. The van der Waals surface area contributed by atoms with Crippen LogP contribution < -0.4 is 18.9 Å². The van der Waals surface area contributed by atoms with E-state index in [9.17, 15) is 9.59 Å². The van der Waals surface area contributed by atoms with Crippen LogP contribution >= 0.6 is 0 Å².